The molecule has 0 aliphatic carbocycles. The highest BCUT2D eigenvalue weighted by atomic mass is 19.1. The average molecular weight is 418 g/mol. The second kappa shape index (κ2) is 8.02. The number of esters is 1. The van der Waals surface area contributed by atoms with Crippen molar-refractivity contribution >= 4 is 17.9 Å². The van der Waals surface area contributed by atoms with Gasteiger partial charge in [-0.3, -0.25) is 9.69 Å². The van der Waals surface area contributed by atoms with Crippen LogP contribution >= 0.6 is 0 Å². The molecule has 6 nitrogen and oxygen atoms in total. The van der Waals surface area contributed by atoms with Gasteiger partial charge in [-0.1, -0.05) is 66.7 Å². The molecule has 156 valence electrons. The number of nitrogens with one attached hydrogen (secondary N) is 1. The molecule has 1 heterocycles. The van der Waals surface area contributed by atoms with Crippen LogP contribution in [0.25, 0.3) is 0 Å². The Morgan fingerprint density at radius 3 is 2.10 bits per heavy atom. The van der Waals surface area contributed by atoms with E-state index in [1.165, 1.54) is 19.2 Å². The van der Waals surface area contributed by atoms with Gasteiger partial charge >= 0.3 is 12.0 Å². The monoisotopic (exact) mass is 418 g/mol. The molecular weight excluding hydrogens is 399 g/mol. The summed E-state index contributed by atoms with van der Waals surface area (Å²) in [6.45, 7) is -0.212. The first-order chi connectivity index (χ1) is 15.0. The highest BCUT2D eigenvalue weighted by Crippen LogP contribution is 2.36. The van der Waals surface area contributed by atoms with E-state index in [2.05, 4.69) is 5.32 Å². The molecule has 1 N–H and O–H groups in total. The van der Waals surface area contributed by atoms with Gasteiger partial charge in [0.25, 0.3) is 5.91 Å². The molecular formula is C24H19FN2O4. The molecule has 1 aliphatic heterocycles. The molecule has 0 atom stereocenters. The molecule has 3 aromatic carbocycles. The van der Waals surface area contributed by atoms with Gasteiger partial charge in [0.15, 0.2) is 5.54 Å². The molecule has 3 amide bonds. The van der Waals surface area contributed by atoms with Gasteiger partial charge in [-0.15, -0.1) is 0 Å². The van der Waals surface area contributed by atoms with Crippen molar-refractivity contribution in [2.24, 2.45) is 0 Å². The maximum absolute atomic E-state index is 13.7. The van der Waals surface area contributed by atoms with Gasteiger partial charge in [0.1, 0.15) is 5.82 Å². The van der Waals surface area contributed by atoms with Gasteiger partial charge in [0.2, 0.25) is 0 Å². The van der Waals surface area contributed by atoms with Crippen LogP contribution in [0.2, 0.25) is 0 Å². The summed E-state index contributed by atoms with van der Waals surface area (Å²) in [6.07, 6.45) is 0. The summed E-state index contributed by atoms with van der Waals surface area (Å²) in [5, 5.41) is 2.84. The largest absolute Gasteiger partial charge is 0.465 e. The molecule has 3 aromatic rings. The average Bonchev–Trinajstić information content (AvgIpc) is 3.06. The number of hydrogen-bond donors (Lipinski definition) is 1. The molecule has 0 spiro atoms. The van der Waals surface area contributed by atoms with Crippen molar-refractivity contribution in [1.82, 2.24) is 10.2 Å². The van der Waals surface area contributed by atoms with Crippen LogP contribution < -0.4 is 5.32 Å². The van der Waals surface area contributed by atoms with Crippen LogP contribution in [0.5, 0.6) is 0 Å². The fourth-order valence-electron chi connectivity index (χ4n) is 3.81. The molecule has 0 saturated carbocycles. The normalized spacial score (nSPS) is 15.0. The van der Waals surface area contributed by atoms with Gasteiger partial charge in [0.05, 0.1) is 19.2 Å². The van der Waals surface area contributed by atoms with Gasteiger partial charge in [-0.25, -0.2) is 14.0 Å². The number of carbonyl (C=O) groups excluding carboxylic acids is 3. The lowest BCUT2D eigenvalue weighted by Gasteiger charge is -2.28. The fourth-order valence-corrected chi connectivity index (χ4v) is 3.81. The first-order valence-electron chi connectivity index (χ1n) is 9.59. The molecule has 0 unspecified atom stereocenters. The first kappa shape index (κ1) is 20.3. The van der Waals surface area contributed by atoms with Crippen LogP contribution in [0.15, 0.2) is 78.9 Å². The summed E-state index contributed by atoms with van der Waals surface area (Å²) in [5.74, 6) is -1.86. The van der Waals surface area contributed by atoms with Gasteiger partial charge in [-0.2, -0.15) is 0 Å². The molecule has 4 rings (SSSR count). The number of carbonyl (C=O) groups is 3. The molecule has 0 radical (unpaired) electrons. The zero-order valence-electron chi connectivity index (χ0n) is 16.7. The number of imide groups is 1. The van der Waals surface area contributed by atoms with Crippen molar-refractivity contribution in [3.63, 3.8) is 0 Å². The Morgan fingerprint density at radius 2 is 1.55 bits per heavy atom. The summed E-state index contributed by atoms with van der Waals surface area (Å²) >= 11 is 0. The van der Waals surface area contributed by atoms with Crippen molar-refractivity contribution in [1.29, 1.82) is 0 Å². The Balaban J connectivity index is 1.79. The van der Waals surface area contributed by atoms with E-state index < -0.39 is 29.3 Å². The van der Waals surface area contributed by atoms with E-state index in [1.807, 2.05) is 12.1 Å². The summed E-state index contributed by atoms with van der Waals surface area (Å²) in [6, 6.07) is 20.8. The maximum atomic E-state index is 13.7. The number of nitrogens with zero attached hydrogens (tertiary/aromatic N) is 1. The van der Waals surface area contributed by atoms with E-state index in [-0.39, 0.29) is 12.1 Å². The van der Waals surface area contributed by atoms with Crippen LogP contribution in [-0.4, -0.2) is 29.9 Å². The lowest BCUT2D eigenvalue weighted by atomic mass is 9.82. The quantitative estimate of drug-likeness (QED) is 0.507. The van der Waals surface area contributed by atoms with Crippen molar-refractivity contribution in [3.05, 3.63) is 107 Å². The number of rotatable bonds is 5. The molecule has 1 fully saturated rings. The maximum Gasteiger partial charge on any atom is 0.338 e. The van der Waals surface area contributed by atoms with E-state index in [0.717, 1.165) is 11.0 Å². The van der Waals surface area contributed by atoms with Crippen molar-refractivity contribution in [3.8, 4) is 0 Å². The van der Waals surface area contributed by atoms with E-state index in [1.54, 1.807) is 48.5 Å². The van der Waals surface area contributed by atoms with Crippen LogP contribution in [-0.2, 0) is 21.6 Å². The van der Waals surface area contributed by atoms with E-state index in [4.69, 9.17) is 4.74 Å². The summed E-state index contributed by atoms with van der Waals surface area (Å²) in [5.41, 5.74) is 0.0582. The first-order valence-corrected chi connectivity index (χ1v) is 9.59. The minimum Gasteiger partial charge on any atom is -0.465 e. The molecule has 0 aromatic heterocycles. The molecule has 0 bridgehead atoms. The third kappa shape index (κ3) is 3.44. The Kier molecular flexibility index (Phi) is 5.25. The zero-order valence-corrected chi connectivity index (χ0v) is 16.7. The van der Waals surface area contributed by atoms with Crippen molar-refractivity contribution in [2.75, 3.05) is 7.11 Å². The SMILES string of the molecule is COC(=O)c1cc(F)ccc1CN1C(=O)NC(c2ccccc2)(c2ccccc2)C1=O. The summed E-state index contributed by atoms with van der Waals surface area (Å²) < 4.78 is 18.4. The highest BCUT2D eigenvalue weighted by Gasteiger charge is 2.53. The number of hydrogen-bond acceptors (Lipinski definition) is 4. The van der Waals surface area contributed by atoms with Crippen LogP contribution in [0.3, 0.4) is 0 Å². The predicted octanol–water partition coefficient (Wildman–Crippen LogP) is 3.61. The number of amides is 3. The minimum absolute atomic E-state index is 0.0416. The van der Waals surface area contributed by atoms with Gasteiger partial charge in [0, 0.05) is 0 Å². The fraction of sp³-hybridized carbons (Fsp3) is 0.125. The Morgan fingerprint density at radius 1 is 0.968 bits per heavy atom. The third-order valence-electron chi connectivity index (χ3n) is 5.32. The number of halogens is 1. The van der Waals surface area contributed by atoms with Crippen molar-refractivity contribution < 1.29 is 23.5 Å². The highest BCUT2D eigenvalue weighted by molar-refractivity contribution is 6.09. The van der Waals surface area contributed by atoms with Gasteiger partial charge < -0.3 is 10.1 Å². The molecule has 7 heteroatoms. The van der Waals surface area contributed by atoms with E-state index >= 15 is 0 Å². The lowest BCUT2D eigenvalue weighted by molar-refractivity contribution is -0.130. The smallest absolute Gasteiger partial charge is 0.338 e. The molecule has 31 heavy (non-hydrogen) atoms. The third-order valence-corrected chi connectivity index (χ3v) is 5.32. The lowest BCUT2D eigenvalue weighted by Crippen LogP contribution is -2.45. The molecule has 1 aliphatic rings. The Hall–Kier alpha value is -4.00. The number of ether oxygens (including phenoxy) is 1. The standard InChI is InChI=1S/C24H19FN2O4/c1-31-21(28)20-14-19(25)13-12-16(20)15-27-22(29)24(26-23(27)30,17-8-4-2-5-9-17)18-10-6-3-7-11-18/h2-14H,15H2,1H3,(H,26,30). The molecule has 1 saturated heterocycles. The van der Waals surface area contributed by atoms with Crippen LogP contribution in [0.1, 0.15) is 27.0 Å². The van der Waals surface area contributed by atoms with E-state index in [9.17, 15) is 18.8 Å². The number of urea groups is 1. The summed E-state index contributed by atoms with van der Waals surface area (Å²) in [7, 11) is 1.18. The zero-order chi connectivity index (χ0) is 22.0. The van der Waals surface area contributed by atoms with Gasteiger partial charge in [-0.05, 0) is 28.8 Å². The summed E-state index contributed by atoms with van der Waals surface area (Å²) in [4.78, 5) is 39.8. The van der Waals surface area contributed by atoms with Crippen LogP contribution in [0.4, 0.5) is 9.18 Å². The predicted molar refractivity (Wildman–Crippen MR) is 110 cm³/mol. The topological polar surface area (TPSA) is 75.7 Å². The van der Waals surface area contributed by atoms with E-state index in [0.29, 0.717) is 16.7 Å². The Bertz CT molecular complexity index is 1110. The Labute approximate surface area is 178 Å². The van der Waals surface area contributed by atoms with Crippen LogP contribution in [0, 0.1) is 5.82 Å². The number of methoxy groups -OCH3 is 1. The van der Waals surface area contributed by atoms with Crippen molar-refractivity contribution in [2.45, 2.75) is 12.1 Å². The minimum atomic E-state index is -1.41. The number of benzene rings is 3. The second-order valence-corrected chi connectivity index (χ2v) is 7.10. The second-order valence-electron chi connectivity index (χ2n) is 7.10.